The highest BCUT2D eigenvalue weighted by Crippen LogP contribution is 2.28. The number of carbonyl (C=O) groups excluding carboxylic acids is 2. The Labute approximate surface area is 185 Å². The van der Waals surface area contributed by atoms with Crippen LogP contribution in [0.3, 0.4) is 0 Å². The third-order valence-corrected chi connectivity index (χ3v) is 4.46. The normalized spacial score (nSPS) is 11.2. The minimum Gasteiger partial charge on any atom is -0.493 e. The summed E-state index contributed by atoms with van der Waals surface area (Å²) in [5, 5.41) is 0. The summed E-state index contributed by atoms with van der Waals surface area (Å²) >= 11 is 0. The zero-order valence-electron chi connectivity index (χ0n) is 17.6. The van der Waals surface area contributed by atoms with E-state index < -0.39 is 23.7 Å². The van der Waals surface area contributed by atoms with E-state index in [1.54, 1.807) is 12.1 Å². The monoisotopic (exact) mass is 438 g/mol. The van der Waals surface area contributed by atoms with Crippen molar-refractivity contribution in [1.82, 2.24) is 10.9 Å². The summed E-state index contributed by atoms with van der Waals surface area (Å²) in [6.07, 6.45) is -0.913. The Morgan fingerprint density at radius 3 is 2.34 bits per heavy atom. The van der Waals surface area contributed by atoms with Gasteiger partial charge in [0.15, 0.2) is 17.6 Å². The summed E-state index contributed by atoms with van der Waals surface area (Å²) in [5.41, 5.74) is 5.89. The third kappa shape index (κ3) is 6.21. The Bertz CT molecular complexity index is 1060. The molecule has 0 aliphatic rings. The van der Waals surface area contributed by atoms with Crippen LogP contribution in [0.15, 0.2) is 72.8 Å². The van der Waals surface area contributed by atoms with Gasteiger partial charge in [0.1, 0.15) is 18.2 Å². The first-order valence-electron chi connectivity index (χ1n) is 9.83. The second kappa shape index (κ2) is 10.8. The average Bonchev–Trinajstić information content (AvgIpc) is 2.82. The first kappa shape index (κ1) is 22.6. The molecule has 2 N–H and O–H groups in total. The van der Waals surface area contributed by atoms with Crippen molar-refractivity contribution >= 4 is 11.8 Å². The molecule has 0 aromatic heterocycles. The molecule has 166 valence electrons. The summed E-state index contributed by atoms with van der Waals surface area (Å²) in [4.78, 5) is 24.6. The van der Waals surface area contributed by atoms with Gasteiger partial charge in [-0.3, -0.25) is 20.4 Å². The molecule has 32 heavy (non-hydrogen) atoms. The van der Waals surface area contributed by atoms with Gasteiger partial charge in [0, 0.05) is 5.56 Å². The van der Waals surface area contributed by atoms with Crippen molar-refractivity contribution in [2.75, 3.05) is 7.11 Å². The van der Waals surface area contributed by atoms with E-state index in [0.29, 0.717) is 23.9 Å². The fourth-order valence-corrected chi connectivity index (χ4v) is 2.73. The highest BCUT2D eigenvalue weighted by molar-refractivity contribution is 5.96. The van der Waals surface area contributed by atoms with Gasteiger partial charge in [-0.05, 0) is 55.0 Å². The average molecular weight is 438 g/mol. The van der Waals surface area contributed by atoms with Crippen LogP contribution >= 0.6 is 0 Å². The molecule has 0 heterocycles. The molecule has 3 aromatic rings. The van der Waals surface area contributed by atoms with Crippen LogP contribution in [0.2, 0.25) is 0 Å². The van der Waals surface area contributed by atoms with Crippen molar-refractivity contribution < 1.29 is 28.2 Å². The van der Waals surface area contributed by atoms with Gasteiger partial charge in [-0.1, -0.05) is 30.3 Å². The predicted octanol–water partition coefficient (Wildman–Crippen LogP) is 3.64. The van der Waals surface area contributed by atoms with Crippen LogP contribution in [-0.2, 0) is 11.4 Å². The van der Waals surface area contributed by atoms with Crippen molar-refractivity contribution in [3.05, 3.63) is 89.7 Å². The molecule has 7 nitrogen and oxygen atoms in total. The lowest BCUT2D eigenvalue weighted by Gasteiger charge is -2.16. The van der Waals surface area contributed by atoms with Gasteiger partial charge in [0.2, 0.25) is 0 Å². The largest absolute Gasteiger partial charge is 0.493 e. The van der Waals surface area contributed by atoms with Gasteiger partial charge >= 0.3 is 0 Å². The maximum Gasteiger partial charge on any atom is 0.279 e. The van der Waals surface area contributed by atoms with Crippen LogP contribution < -0.4 is 25.1 Å². The first-order valence-corrected chi connectivity index (χ1v) is 9.83. The topological polar surface area (TPSA) is 85.9 Å². The van der Waals surface area contributed by atoms with Crippen molar-refractivity contribution in [3.8, 4) is 17.2 Å². The number of amides is 2. The molecule has 0 fully saturated rings. The highest BCUT2D eigenvalue weighted by Gasteiger charge is 2.17. The quantitative estimate of drug-likeness (QED) is 0.525. The van der Waals surface area contributed by atoms with Gasteiger partial charge in [-0.2, -0.15) is 0 Å². The Morgan fingerprint density at radius 1 is 0.938 bits per heavy atom. The summed E-state index contributed by atoms with van der Waals surface area (Å²) in [6, 6.07) is 19.6. The molecule has 0 aliphatic heterocycles. The SMILES string of the molecule is COc1cc(C(=O)NNC(=O)C(C)Oc2ccc(F)cc2)ccc1OCc1ccccc1. The number of hydrazine groups is 1. The number of benzene rings is 3. The lowest BCUT2D eigenvalue weighted by molar-refractivity contribution is -0.128. The molecule has 0 aliphatic carbocycles. The molecule has 1 atom stereocenters. The molecule has 1 unspecified atom stereocenters. The Hall–Kier alpha value is -4.07. The van der Waals surface area contributed by atoms with Crippen LogP contribution in [0.4, 0.5) is 4.39 Å². The molecule has 0 saturated carbocycles. The van der Waals surface area contributed by atoms with Crippen LogP contribution in [-0.4, -0.2) is 25.0 Å². The van der Waals surface area contributed by atoms with E-state index in [4.69, 9.17) is 14.2 Å². The summed E-state index contributed by atoms with van der Waals surface area (Å²) in [5.74, 6) is -0.325. The lowest BCUT2D eigenvalue weighted by Crippen LogP contribution is -2.47. The van der Waals surface area contributed by atoms with Crippen molar-refractivity contribution in [1.29, 1.82) is 0 Å². The van der Waals surface area contributed by atoms with Gasteiger partial charge in [-0.25, -0.2) is 4.39 Å². The molecular weight excluding hydrogens is 415 g/mol. The van der Waals surface area contributed by atoms with E-state index >= 15 is 0 Å². The number of hydrogen-bond acceptors (Lipinski definition) is 5. The molecule has 3 aromatic carbocycles. The van der Waals surface area contributed by atoms with E-state index in [1.165, 1.54) is 44.4 Å². The van der Waals surface area contributed by atoms with E-state index in [1.807, 2.05) is 30.3 Å². The number of methoxy groups -OCH3 is 1. The number of nitrogens with one attached hydrogen (secondary N) is 2. The van der Waals surface area contributed by atoms with Crippen molar-refractivity contribution in [3.63, 3.8) is 0 Å². The van der Waals surface area contributed by atoms with Crippen LogP contribution in [0, 0.1) is 5.82 Å². The molecular formula is C24H23FN2O5. The summed E-state index contributed by atoms with van der Waals surface area (Å²) < 4.78 is 29.5. The Kier molecular flexibility index (Phi) is 7.64. The molecule has 2 amide bonds. The minimum absolute atomic E-state index is 0.265. The molecule has 0 spiro atoms. The fraction of sp³-hybridized carbons (Fsp3) is 0.167. The zero-order chi connectivity index (χ0) is 22.9. The third-order valence-electron chi connectivity index (χ3n) is 4.46. The van der Waals surface area contributed by atoms with E-state index in [-0.39, 0.29) is 5.56 Å². The second-order valence-corrected chi connectivity index (χ2v) is 6.80. The Morgan fingerprint density at radius 2 is 1.66 bits per heavy atom. The molecule has 0 saturated heterocycles. The number of halogens is 1. The summed E-state index contributed by atoms with van der Waals surface area (Å²) in [7, 11) is 1.47. The number of hydrogen-bond donors (Lipinski definition) is 2. The van der Waals surface area contributed by atoms with Crippen molar-refractivity contribution in [2.45, 2.75) is 19.6 Å². The van der Waals surface area contributed by atoms with Gasteiger partial charge in [0.05, 0.1) is 7.11 Å². The standard InChI is InChI=1S/C24H23FN2O5/c1-16(32-20-11-9-19(25)10-12-20)23(28)26-27-24(29)18-8-13-21(22(14-18)30-2)31-15-17-6-4-3-5-7-17/h3-14,16H,15H2,1-2H3,(H,26,28)(H,27,29). The van der Waals surface area contributed by atoms with Gasteiger partial charge in [-0.15, -0.1) is 0 Å². The van der Waals surface area contributed by atoms with Crippen LogP contribution in [0.25, 0.3) is 0 Å². The van der Waals surface area contributed by atoms with Crippen LogP contribution in [0.1, 0.15) is 22.8 Å². The second-order valence-electron chi connectivity index (χ2n) is 6.80. The molecule has 0 radical (unpaired) electrons. The van der Waals surface area contributed by atoms with Crippen LogP contribution in [0.5, 0.6) is 17.2 Å². The molecule has 0 bridgehead atoms. The van der Waals surface area contributed by atoms with E-state index in [0.717, 1.165) is 5.56 Å². The lowest BCUT2D eigenvalue weighted by atomic mass is 10.2. The number of ether oxygens (including phenoxy) is 3. The minimum atomic E-state index is -0.913. The fourth-order valence-electron chi connectivity index (χ4n) is 2.73. The summed E-state index contributed by atoms with van der Waals surface area (Å²) in [6.45, 7) is 1.86. The maximum absolute atomic E-state index is 13.0. The van der Waals surface area contributed by atoms with Gasteiger partial charge in [0.25, 0.3) is 11.8 Å². The number of carbonyl (C=O) groups is 2. The Balaban J connectivity index is 1.54. The van der Waals surface area contributed by atoms with E-state index in [2.05, 4.69) is 10.9 Å². The molecule has 8 heteroatoms. The van der Waals surface area contributed by atoms with Crippen molar-refractivity contribution in [2.24, 2.45) is 0 Å². The van der Waals surface area contributed by atoms with E-state index in [9.17, 15) is 14.0 Å². The van der Waals surface area contributed by atoms with Gasteiger partial charge < -0.3 is 14.2 Å². The highest BCUT2D eigenvalue weighted by atomic mass is 19.1. The predicted molar refractivity (Wildman–Crippen MR) is 116 cm³/mol. The maximum atomic E-state index is 13.0. The smallest absolute Gasteiger partial charge is 0.279 e. The number of rotatable bonds is 8. The molecule has 3 rings (SSSR count). The first-order chi connectivity index (χ1) is 15.5. The zero-order valence-corrected chi connectivity index (χ0v) is 17.6.